The zero-order valence-electron chi connectivity index (χ0n) is 22.5. The number of nitro groups is 2. The molecule has 2 atom stereocenters. The molecule has 0 fully saturated rings. The van der Waals surface area contributed by atoms with E-state index in [-0.39, 0.29) is 23.9 Å². The molecule has 0 bridgehead atoms. The number of hydrogen-bond donors (Lipinski definition) is 4. The highest BCUT2D eigenvalue weighted by atomic mass is 16.6. The number of non-ortho nitro benzene ring substituents is 1. The van der Waals surface area contributed by atoms with Crippen molar-refractivity contribution in [3.63, 3.8) is 0 Å². The van der Waals surface area contributed by atoms with Crippen LogP contribution in [0.5, 0.6) is 0 Å². The molecule has 0 saturated carbocycles. The maximum absolute atomic E-state index is 13.4. The van der Waals surface area contributed by atoms with E-state index in [4.69, 9.17) is 11.1 Å². The molecule has 4 rings (SSSR count). The number of amidine groups is 1. The van der Waals surface area contributed by atoms with Crippen LogP contribution in [0.25, 0.3) is 11.1 Å². The molecule has 2 unspecified atom stereocenters. The van der Waals surface area contributed by atoms with Gasteiger partial charge in [-0.05, 0) is 53.8 Å². The normalized spacial score (nSPS) is 12.2. The van der Waals surface area contributed by atoms with Gasteiger partial charge >= 0.3 is 0 Å². The Hall–Kier alpha value is -5.42. The second-order valence-corrected chi connectivity index (χ2v) is 9.82. The Kier molecular flexibility index (Phi) is 9.35. The number of nitrogens with zero attached hydrogens (tertiary/aromatic N) is 2. The van der Waals surface area contributed by atoms with Crippen molar-refractivity contribution in [3.8, 4) is 11.1 Å². The third-order valence-electron chi connectivity index (χ3n) is 7.00. The molecule has 0 aliphatic rings. The second-order valence-electron chi connectivity index (χ2n) is 9.82. The average molecular weight is 568 g/mol. The van der Waals surface area contributed by atoms with Crippen molar-refractivity contribution in [1.82, 2.24) is 5.32 Å². The highest BCUT2D eigenvalue weighted by molar-refractivity contribution is 5.95. The van der Waals surface area contributed by atoms with E-state index in [1.807, 2.05) is 36.4 Å². The fourth-order valence-corrected chi connectivity index (χ4v) is 4.79. The summed E-state index contributed by atoms with van der Waals surface area (Å²) in [5, 5.41) is 43.8. The molecule has 4 aromatic carbocycles. The number of aliphatic hydroxyl groups is 1. The van der Waals surface area contributed by atoms with Crippen molar-refractivity contribution in [2.24, 2.45) is 11.7 Å². The topological polar surface area (TPSA) is 185 Å². The van der Waals surface area contributed by atoms with E-state index in [1.165, 1.54) is 24.3 Å². The first kappa shape index (κ1) is 29.6. The number of nitro benzene ring substituents is 2. The van der Waals surface area contributed by atoms with Gasteiger partial charge in [0.25, 0.3) is 17.3 Å². The molecule has 42 heavy (non-hydrogen) atoms. The molecule has 1 amide bonds. The average Bonchev–Trinajstić information content (AvgIpc) is 3.00. The number of nitrogen functional groups attached to an aromatic ring is 1. The van der Waals surface area contributed by atoms with E-state index in [0.717, 1.165) is 17.2 Å². The monoisotopic (exact) mass is 567 g/mol. The molecule has 0 aliphatic heterocycles. The molecule has 11 heteroatoms. The number of rotatable bonds is 12. The van der Waals surface area contributed by atoms with Gasteiger partial charge in [0.1, 0.15) is 5.84 Å². The number of nitrogens with one attached hydrogen (secondary N) is 2. The molecule has 0 radical (unpaired) electrons. The van der Waals surface area contributed by atoms with E-state index < -0.39 is 33.2 Å². The standard InChI is InChI=1S/C31H29N5O6/c32-30(33)24-8-4-7-21(15-24)16-25(19-37)28(17-20-5-2-1-3-6-20)34-31(38)23-11-9-22(10-12-23)27-14-13-26(35(39)40)18-29(27)36(41)42/h1-15,18,25,28,37H,16-17,19H2,(H3,32,33)(H,34,38). The maximum Gasteiger partial charge on any atom is 0.284 e. The van der Waals surface area contributed by atoms with Gasteiger partial charge in [-0.1, -0.05) is 60.7 Å². The summed E-state index contributed by atoms with van der Waals surface area (Å²) >= 11 is 0. The molecule has 0 aliphatic carbocycles. The number of carbonyl (C=O) groups is 1. The molecular formula is C31H29N5O6. The molecule has 214 valence electrons. The van der Waals surface area contributed by atoms with Crippen LogP contribution in [-0.2, 0) is 12.8 Å². The van der Waals surface area contributed by atoms with Crippen LogP contribution in [0.1, 0.15) is 27.0 Å². The lowest BCUT2D eigenvalue weighted by atomic mass is 9.88. The summed E-state index contributed by atoms with van der Waals surface area (Å²) < 4.78 is 0. The predicted molar refractivity (Wildman–Crippen MR) is 158 cm³/mol. The van der Waals surface area contributed by atoms with Crippen molar-refractivity contribution in [3.05, 3.63) is 140 Å². The fraction of sp³-hybridized carbons (Fsp3) is 0.161. The third-order valence-corrected chi connectivity index (χ3v) is 7.00. The van der Waals surface area contributed by atoms with E-state index in [2.05, 4.69) is 5.32 Å². The Morgan fingerprint density at radius 3 is 2.14 bits per heavy atom. The zero-order valence-corrected chi connectivity index (χ0v) is 22.5. The molecular weight excluding hydrogens is 538 g/mol. The van der Waals surface area contributed by atoms with Crippen LogP contribution in [0.15, 0.2) is 97.1 Å². The summed E-state index contributed by atoms with van der Waals surface area (Å²) in [6, 6.07) is 25.9. The van der Waals surface area contributed by atoms with Crippen molar-refractivity contribution in [2.75, 3.05) is 6.61 Å². The summed E-state index contributed by atoms with van der Waals surface area (Å²) in [7, 11) is 0. The summed E-state index contributed by atoms with van der Waals surface area (Å²) in [4.78, 5) is 34.6. The first-order chi connectivity index (χ1) is 20.2. The second kappa shape index (κ2) is 13.3. The first-order valence-corrected chi connectivity index (χ1v) is 13.1. The van der Waals surface area contributed by atoms with Gasteiger partial charge in [0.05, 0.1) is 21.5 Å². The first-order valence-electron chi connectivity index (χ1n) is 13.1. The van der Waals surface area contributed by atoms with Crippen molar-refractivity contribution in [2.45, 2.75) is 18.9 Å². The minimum Gasteiger partial charge on any atom is -0.396 e. The largest absolute Gasteiger partial charge is 0.396 e. The van der Waals surface area contributed by atoms with E-state index in [9.17, 15) is 30.1 Å². The Bertz CT molecular complexity index is 1610. The Labute approximate surface area is 241 Å². The van der Waals surface area contributed by atoms with Gasteiger partial charge in [-0.2, -0.15) is 0 Å². The van der Waals surface area contributed by atoms with Gasteiger partial charge in [0.2, 0.25) is 0 Å². The number of aliphatic hydroxyl groups excluding tert-OH is 1. The van der Waals surface area contributed by atoms with Gasteiger partial charge in [0, 0.05) is 35.8 Å². The lowest BCUT2D eigenvalue weighted by molar-refractivity contribution is -0.393. The van der Waals surface area contributed by atoms with E-state index in [0.29, 0.717) is 29.5 Å². The fourth-order valence-electron chi connectivity index (χ4n) is 4.79. The van der Waals surface area contributed by atoms with Crippen LogP contribution in [0.2, 0.25) is 0 Å². The number of hydrogen-bond acceptors (Lipinski definition) is 7. The molecule has 4 aromatic rings. The quantitative estimate of drug-likeness (QED) is 0.0830. The van der Waals surface area contributed by atoms with Crippen LogP contribution in [0.3, 0.4) is 0 Å². The Morgan fingerprint density at radius 1 is 0.833 bits per heavy atom. The zero-order chi connectivity index (χ0) is 30.2. The maximum atomic E-state index is 13.4. The molecule has 11 nitrogen and oxygen atoms in total. The number of carbonyl (C=O) groups excluding carboxylic acids is 1. The number of benzene rings is 4. The number of nitrogens with two attached hydrogens (primary N) is 1. The predicted octanol–water partition coefficient (Wildman–Crippen LogP) is 4.65. The van der Waals surface area contributed by atoms with Gasteiger partial charge in [-0.3, -0.25) is 30.4 Å². The van der Waals surface area contributed by atoms with E-state index in [1.54, 1.807) is 30.3 Å². The molecule has 0 aromatic heterocycles. The van der Waals surface area contributed by atoms with Crippen LogP contribution < -0.4 is 11.1 Å². The van der Waals surface area contributed by atoms with Crippen LogP contribution in [-0.4, -0.2) is 39.3 Å². The Balaban J connectivity index is 1.58. The van der Waals surface area contributed by atoms with Gasteiger partial charge in [0.15, 0.2) is 0 Å². The Morgan fingerprint density at radius 2 is 1.52 bits per heavy atom. The summed E-state index contributed by atoms with van der Waals surface area (Å²) in [5.41, 5.74) is 8.16. The van der Waals surface area contributed by atoms with Gasteiger partial charge in [-0.25, -0.2) is 0 Å². The molecule has 0 saturated heterocycles. The highest BCUT2D eigenvalue weighted by Gasteiger charge is 2.25. The highest BCUT2D eigenvalue weighted by Crippen LogP contribution is 2.33. The van der Waals surface area contributed by atoms with Crippen LogP contribution in [0.4, 0.5) is 11.4 Å². The number of amides is 1. The smallest absolute Gasteiger partial charge is 0.284 e. The SMILES string of the molecule is N=C(N)c1cccc(CC(CO)C(Cc2ccccc2)NC(=O)c2ccc(-c3ccc([N+](=O)[O-])cc3[N+](=O)[O-])cc2)c1. The van der Waals surface area contributed by atoms with Gasteiger partial charge < -0.3 is 16.2 Å². The summed E-state index contributed by atoms with van der Waals surface area (Å²) in [6.45, 7) is -0.204. The summed E-state index contributed by atoms with van der Waals surface area (Å²) in [6.07, 6.45) is 0.884. The van der Waals surface area contributed by atoms with E-state index >= 15 is 0 Å². The van der Waals surface area contributed by atoms with Crippen molar-refractivity contribution in [1.29, 1.82) is 5.41 Å². The minimum atomic E-state index is -0.699. The van der Waals surface area contributed by atoms with Crippen molar-refractivity contribution >= 4 is 23.1 Å². The third kappa shape index (κ3) is 7.20. The molecule has 0 spiro atoms. The van der Waals surface area contributed by atoms with Crippen LogP contribution >= 0.6 is 0 Å². The van der Waals surface area contributed by atoms with Crippen molar-refractivity contribution < 1.29 is 19.7 Å². The lowest BCUT2D eigenvalue weighted by Crippen LogP contribution is -2.44. The molecule has 0 heterocycles. The molecule has 5 N–H and O–H groups in total. The van der Waals surface area contributed by atoms with Gasteiger partial charge in [-0.15, -0.1) is 0 Å². The minimum absolute atomic E-state index is 0.0611. The lowest BCUT2D eigenvalue weighted by Gasteiger charge is -2.27. The van der Waals surface area contributed by atoms with Crippen LogP contribution in [0, 0.1) is 31.6 Å². The summed E-state index contributed by atoms with van der Waals surface area (Å²) in [5.74, 6) is -0.816.